The second-order valence-corrected chi connectivity index (χ2v) is 6.26. The maximum Gasteiger partial charge on any atom is 0.380 e. The number of nitrogens with zero attached hydrogens (tertiary/aromatic N) is 1. The Morgan fingerprint density at radius 3 is 2.37 bits per heavy atom. The third-order valence-corrected chi connectivity index (χ3v) is 4.55. The van der Waals surface area contributed by atoms with Crippen LogP contribution in [-0.2, 0) is 14.3 Å². The van der Waals surface area contributed by atoms with Crippen molar-refractivity contribution in [3.8, 4) is 5.75 Å². The highest BCUT2D eigenvalue weighted by molar-refractivity contribution is 6.51. The number of carbonyl (C=O) groups is 3. The van der Waals surface area contributed by atoms with Crippen molar-refractivity contribution in [2.75, 3.05) is 19.8 Å². The summed E-state index contributed by atoms with van der Waals surface area (Å²) in [4.78, 5) is 43.8. The molecule has 4 N–H and O–H groups in total. The Hall–Kier alpha value is -2.71. The van der Waals surface area contributed by atoms with E-state index in [0.29, 0.717) is 24.2 Å². The Bertz CT molecular complexity index is 767. The van der Waals surface area contributed by atoms with E-state index in [4.69, 9.17) is 16.5 Å². The number of carbonyl (C=O) groups excluding carboxylic acids is 3. The summed E-state index contributed by atoms with van der Waals surface area (Å²) in [6.07, 6.45) is 4.46. The molecule has 146 valence electrons. The third kappa shape index (κ3) is 4.53. The van der Waals surface area contributed by atoms with Crippen molar-refractivity contribution in [3.63, 3.8) is 0 Å². The van der Waals surface area contributed by atoms with Gasteiger partial charge in [-0.05, 0) is 56.4 Å². The number of piperidine rings is 1. The monoisotopic (exact) mass is 375 g/mol. The van der Waals surface area contributed by atoms with E-state index in [9.17, 15) is 14.4 Å². The topological polar surface area (TPSA) is 125 Å². The fraction of sp³-hybridized carbons (Fsp3) is 0.421. The average Bonchev–Trinajstić information content (AvgIpc) is 2.69. The van der Waals surface area contributed by atoms with Gasteiger partial charge in [0.2, 0.25) is 0 Å². The summed E-state index contributed by atoms with van der Waals surface area (Å²) in [7, 11) is 0. The molecule has 0 unspecified atom stereocenters. The van der Waals surface area contributed by atoms with Gasteiger partial charge in [0.25, 0.3) is 11.7 Å². The van der Waals surface area contributed by atoms with Gasteiger partial charge < -0.3 is 14.5 Å². The molecule has 0 atom stereocenters. The van der Waals surface area contributed by atoms with Gasteiger partial charge in [-0.1, -0.05) is 6.08 Å². The van der Waals surface area contributed by atoms with E-state index in [1.54, 1.807) is 24.8 Å². The molecule has 1 aliphatic heterocycles. The highest BCUT2D eigenvalue weighted by Crippen LogP contribution is 2.30. The molecule has 0 bridgehead atoms. The first-order valence-corrected chi connectivity index (χ1v) is 8.83. The largest absolute Gasteiger partial charge is 0.444 e. The number of aryl methyl sites for hydroxylation is 1. The minimum absolute atomic E-state index is 0.127. The standard InChI is InChI=1S/C19H25N3O5/c1-3-13(17(23)19(25)26-11-20)14-10-15(16(27-21)9-12(14)2)18(24)22-7-5-4-6-8-22/h3,9-10H,4-8,11,20-21H2,1-2H3/b13-3+. The Kier molecular flexibility index (Phi) is 7.09. The van der Waals surface area contributed by atoms with Crippen molar-refractivity contribution in [1.29, 1.82) is 0 Å². The lowest BCUT2D eigenvalue weighted by atomic mass is 9.93. The maximum atomic E-state index is 12.9. The molecule has 0 radical (unpaired) electrons. The van der Waals surface area contributed by atoms with Gasteiger partial charge in [-0.25, -0.2) is 4.79 Å². The zero-order valence-corrected chi connectivity index (χ0v) is 15.6. The summed E-state index contributed by atoms with van der Waals surface area (Å²) in [5, 5.41) is 0. The van der Waals surface area contributed by atoms with Crippen molar-refractivity contribution < 1.29 is 24.0 Å². The highest BCUT2D eigenvalue weighted by atomic mass is 16.6. The van der Waals surface area contributed by atoms with Crippen molar-refractivity contribution >= 4 is 23.2 Å². The quantitative estimate of drug-likeness (QED) is 0.252. The van der Waals surface area contributed by atoms with E-state index in [2.05, 4.69) is 4.74 Å². The van der Waals surface area contributed by atoms with Crippen LogP contribution in [0.2, 0.25) is 0 Å². The molecule has 1 saturated heterocycles. The van der Waals surface area contributed by atoms with E-state index in [1.165, 1.54) is 12.1 Å². The fourth-order valence-corrected chi connectivity index (χ4v) is 3.16. The molecule has 2 rings (SSSR count). The van der Waals surface area contributed by atoms with Crippen LogP contribution in [0.15, 0.2) is 18.2 Å². The van der Waals surface area contributed by atoms with Gasteiger partial charge in [0.15, 0.2) is 5.75 Å². The van der Waals surface area contributed by atoms with Crippen LogP contribution in [0, 0.1) is 6.92 Å². The number of ether oxygens (including phenoxy) is 1. The maximum absolute atomic E-state index is 12.9. The lowest BCUT2D eigenvalue weighted by Crippen LogP contribution is -2.36. The first kappa shape index (κ1) is 20.6. The Balaban J connectivity index is 2.46. The van der Waals surface area contributed by atoms with E-state index in [1.807, 2.05) is 0 Å². The Morgan fingerprint density at radius 1 is 1.15 bits per heavy atom. The lowest BCUT2D eigenvalue weighted by molar-refractivity contribution is -0.151. The van der Waals surface area contributed by atoms with Crippen LogP contribution in [0.5, 0.6) is 5.75 Å². The second-order valence-electron chi connectivity index (χ2n) is 6.26. The average molecular weight is 375 g/mol. The normalized spacial score (nSPS) is 14.7. The van der Waals surface area contributed by atoms with Gasteiger partial charge >= 0.3 is 5.97 Å². The highest BCUT2D eigenvalue weighted by Gasteiger charge is 2.27. The summed E-state index contributed by atoms with van der Waals surface area (Å²) in [5.74, 6) is 3.48. The van der Waals surface area contributed by atoms with Gasteiger partial charge in [-0.2, -0.15) is 5.90 Å². The zero-order chi connectivity index (χ0) is 20.0. The number of esters is 1. The van der Waals surface area contributed by atoms with Crippen LogP contribution in [0.4, 0.5) is 0 Å². The Labute approximate surface area is 158 Å². The molecule has 0 aromatic heterocycles. The lowest BCUT2D eigenvalue weighted by Gasteiger charge is -2.27. The molecule has 1 fully saturated rings. The van der Waals surface area contributed by atoms with Crippen molar-refractivity contribution in [3.05, 3.63) is 34.9 Å². The first-order valence-electron chi connectivity index (χ1n) is 8.83. The number of hydrogen-bond acceptors (Lipinski definition) is 7. The zero-order valence-electron chi connectivity index (χ0n) is 15.6. The summed E-state index contributed by atoms with van der Waals surface area (Å²) in [6.45, 7) is 4.29. The van der Waals surface area contributed by atoms with E-state index >= 15 is 0 Å². The second kappa shape index (κ2) is 9.29. The van der Waals surface area contributed by atoms with E-state index in [0.717, 1.165) is 19.3 Å². The van der Waals surface area contributed by atoms with E-state index < -0.39 is 11.8 Å². The molecular weight excluding hydrogens is 350 g/mol. The molecule has 0 aliphatic carbocycles. The number of benzene rings is 1. The van der Waals surface area contributed by atoms with Gasteiger partial charge in [0, 0.05) is 18.7 Å². The van der Waals surface area contributed by atoms with Crippen molar-refractivity contribution in [1.82, 2.24) is 4.90 Å². The van der Waals surface area contributed by atoms with Crippen LogP contribution in [0.1, 0.15) is 47.7 Å². The van der Waals surface area contributed by atoms with Crippen LogP contribution >= 0.6 is 0 Å². The Morgan fingerprint density at radius 2 is 1.81 bits per heavy atom. The number of likely N-dealkylation sites (tertiary alicyclic amines) is 1. The summed E-state index contributed by atoms with van der Waals surface area (Å²) in [6, 6.07) is 3.12. The number of hydrogen-bond donors (Lipinski definition) is 2. The predicted molar refractivity (Wildman–Crippen MR) is 99.6 cm³/mol. The third-order valence-electron chi connectivity index (χ3n) is 4.55. The molecule has 1 aromatic rings. The molecule has 1 amide bonds. The summed E-state index contributed by atoms with van der Waals surface area (Å²) < 4.78 is 4.59. The SMILES string of the molecule is C/C=C(/C(=O)C(=O)OCN)c1cc(C(=O)N2CCCCC2)c(ON)cc1C. The minimum Gasteiger partial charge on any atom is -0.444 e. The molecule has 1 aliphatic rings. The minimum atomic E-state index is -1.05. The summed E-state index contributed by atoms with van der Waals surface area (Å²) in [5.41, 5.74) is 6.62. The number of amides is 1. The van der Waals surface area contributed by atoms with Crippen molar-refractivity contribution in [2.45, 2.75) is 33.1 Å². The smallest absolute Gasteiger partial charge is 0.380 e. The molecule has 27 heavy (non-hydrogen) atoms. The molecule has 1 aromatic carbocycles. The number of Topliss-reactive ketones (excluding diaryl/α,β-unsaturated/α-hetero) is 1. The van der Waals surface area contributed by atoms with Crippen LogP contribution in [-0.4, -0.2) is 42.4 Å². The van der Waals surface area contributed by atoms with Gasteiger partial charge in [-0.15, -0.1) is 0 Å². The first-order chi connectivity index (χ1) is 12.9. The van der Waals surface area contributed by atoms with Crippen LogP contribution in [0.3, 0.4) is 0 Å². The van der Waals surface area contributed by atoms with Crippen molar-refractivity contribution in [2.24, 2.45) is 11.6 Å². The molecule has 8 nitrogen and oxygen atoms in total. The molecule has 1 heterocycles. The number of ketones is 1. The fourth-order valence-electron chi connectivity index (χ4n) is 3.16. The number of rotatable bonds is 6. The van der Waals surface area contributed by atoms with E-state index in [-0.39, 0.29) is 29.5 Å². The molecule has 0 saturated carbocycles. The van der Waals surface area contributed by atoms with Gasteiger partial charge in [0.05, 0.1) is 5.56 Å². The van der Waals surface area contributed by atoms with Crippen LogP contribution < -0.4 is 16.5 Å². The molecular formula is C19H25N3O5. The predicted octanol–water partition coefficient (Wildman–Crippen LogP) is 1.31. The van der Waals surface area contributed by atoms with Crippen LogP contribution in [0.25, 0.3) is 5.57 Å². The molecule has 8 heteroatoms. The van der Waals surface area contributed by atoms with Gasteiger partial charge in [-0.3, -0.25) is 15.3 Å². The van der Waals surface area contributed by atoms with Gasteiger partial charge in [0.1, 0.15) is 6.73 Å². The number of nitrogens with two attached hydrogens (primary N) is 2. The summed E-state index contributed by atoms with van der Waals surface area (Å²) >= 11 is 0. The molecule has 0 spiro atoms. The number of allylic oxidation sites excluding steroid dienone is 1.